The van der Waals surface area contributed by atoms with Crippen LogP contribution in [0.4, 0.5) is 0 Å². The van der Waals surface area contributed by atoms with E-state index in [1.54, 1.807) is 52.7 Å². The van der Waals surface area contributed by atoms with Gasteiger partial charge in [0.25, 0.3) is 0 Å². The zero-order valence-electron chi connectivity index (χ0n) is 15.5. The number of thioether (sulfide) groups is 1. The fourth-order valence-electron chi connectivity index (χ4n) is 3.17. The van der Waals surface area contributed by atoms with Crippen LogP contribution in [0.25, 0.3) is 11.4 Å². The van der Waals surface area contributed by atoms with Gasteiger partial charge in [-0.15, -0.1) is 10.2 Å². The molecule has 1 aliphatic rings. The molecule has 0 radical (unpaired) electrons. The van der Waals surface area contributed by atoms with Gasteiger partial charge >= 0.3 is 0 Å². The van der Waals surface area contributed by atoms with E-state index >= 15 is 0 Å². The van der Waals surface area contributed by atoms with Gasteiger partial charge in [-0.05, 0) is 54.8 Å². The first-order valence-corrected chi connectivity index (χ1v) is 11.5. The van der Waals surface area contributed by atoms with E-state index in [9.17, 15) is 8.42 Å². The minimum absolute atomic E-state index is 0.326. The number of rotatable bonds is 6. The maximum Gasteiger partial charge on any atom is 0.243 e. The average molecular weight is 416 g/mol. The van der Waals surface area contributed by atoms with Crippen LogP contribution in [0.15, 0.2) is 58.8 Å². The van der Waals surface area contributed by atoms with Crippen LogP contribution >= 0.6 is 11.8 Å². The van der Waals surface area contributed by atoms with Gasteiger partial charge in [0.2, 0.25) is 10.0 Å². The predicted molar refractivity (Wildman–Crippen MR) is 108 cm³/mol. The second-order valence-corrected chi connectivity index (χ2v) is 9.53. The smallest absolute Gasteiger partial charge is 0.243 e. The van der Waals surface area contributed by atoms with E-state index in [4.69, 9.17) is 0 Å². The Morgan fingerprint density at radius 2 is 1.68 bits per heavy atom. The molecular weight excluding hydrogens is 394 g/mol. The van der Waals surface area contributed by atoms with Crippen LogP contribution in [-0.2, 0) is 22.8 Å². The molecule has 0 amide bonds. The Bertz CT molecular complexity index is 1040. The topological polar surface area (TPSA) is 81.0 Å². The minimum atomic E-state index is -3.40. The van der Waals surface area contributed by atoms with Crippen LogP contribution in [-0.4, -0.2) is 45.6 Å². The van der Waals surface area contributed by atoms with Gasteiger partial charge in [0.05, 0.1) is 4.90 Å². The van der Waals surface area contributed by atoms with E-state index in [2.05, 4.69) is 15.2 Å². The molecule has 0 atom stereocenters. The van der Waals surface area contributed by atoms with Gasteiger partial charge in [-0.2, -0.15) is 4.31 Å². The Hall–Kier alpha value is -2.23. The van der Waals surface area contributed by atoms with Crippen LogP contribution < -0.4 is 0 Å². The maximum atomic E-state index is 12.7. The molecule has 0 unspecified atom stereocenters. The number of nitrogens with zero attached hydrogens (tertiary/aromatic N) is 5. The van der Waals surface area contributed by atoms with Gasteiger partial charge in [-0.3, -0.25) is 4.98 Å². The average Bonchev–Trinajstić information content (AvgIpc) is 3.38. The summed E-state index contributed by atoms with van der Waals surface area (Å²) in [5, 5.41) is 9.37. The minimum Gasteiger partial charge on any atom is -0.305 e. The van der Waals surface area contributed by atoms with Crippen LogP contribution in [0, 0.1) is 0 Å². The first-order valence-electron chi connectivity index (χ1n) is 9.07. The Labute approximate surface area is 168 Å². The third-order valence-corrected chi connectivity index (χ3v) is 7.77. The summed E-state index contributed by atoms with van der Waals surface area (Å²) in [4.78, 5) is 4.35. The highest BCUT2D eigenvalue weighted by Crippen LogP contribution is 2.27. The van der Waals surface area contributed by atoms with Crippen LogP contribution in [0.2, 0.25) is 0 Å². The Balaban J connectivity index is 1.51. The molecule has 0 saturated carbocycles. The van der Waals surface area contributed by atoms with Crippen molar-refractivity contribution in [1.82, 2.24) is 24.1 Å². The van der Waals surface area contributed by atoms with Crippen LogP contribution in [0.1, 0.15) is 18.4 Å². The fourth-order valence-corrected chi connectivity index (χ4v) is 5.56. The highest BCUT2D eigenvalue weighted by molar-refractivity contribution is 7.98. The van der Waals surface area contributed by atoms with Crippen molar-refractivity contribution in [2.45, 2.75) is 28.6 Å². The van der Waals surface area contributed by atoms with Crippen molar-refractivity contribution < 1.29 is 8.42 Å². The summed E-state index contributed by atoms with van der Waals surface area (Å²) in [6.45, 7) is 1.21. The first-order chi connectivity index (χ1) is 13.6. The van der Waals surface area contributed by atoms with Crippen molar-refractivity contribution in [2.75, 3.05) is 13.1 Å². The molecule has 3 aromatic rings. The Morgan fingerprint density at radius 1 is 1.00 bits per heavy atom. The van der Waals surface area contributed by atoms with Gasteiger partial charge in [0, 0.05) is 43.8 Å². The summed E-state index contributed by atoms with van der Waals surface area (Å²) in [6.07, 6.45) is 5.40. The zero-order chi connectivity index (χ0) is 19.6. The molecule has 9 heteroatoms. The molecule has 1 aliphatic heterocycles. The van der Waals surface area contributed by atoms with Crippen LogP contribution in [0.5, 0.6) is 0 Å². The lowest BCUT2D eigenvalue weighted by atomic mass is 10.2. The summed E-state index contributed by atoms with van der Waals surface area (Å²) < 4.78 is 28.8. The number of hydrogen-bond acceptors (Lipinski definition) is 6. The van der Waals surface area contributed by atoms with Gasteiger partial charge in [0.1, 0.15) is 0 Å². The highest BCUT2D eigenvalue weighted by Gasteiger charge is 2.27. The maximum absolute atomic E-state index is 12.7. The lowest BCUT2D eigenvalue weighted by molar-refractivity contribution is 0.477. The molecule has 146 valence electrons. The number of pyridine rings is 1. The normalized spacial score (nSPS) is 15.2. The standard InChI is InChI=1S/C19H21N5O2S2/c1-23-18(21-22-19(23)27-14-15-8-10-20-11-9-15)16-4-6-17(7-5-16)28(25,26)24-12-2-3-13-24/h4-11H,2-3,12-14H2,1H3. The van der Waals surface area contributed by atoms with Gasteiger partial charge in [0.15, 0.2) is 11.0 Å². The third kappa shape index (κ3) is 3.82. The van der Waals surface area contributed by atoms with E-state index < -0.39 is 10.0 Å². The highest BCUT2D eigenvalue weighted by atomic mass is 32.2. The van der Waals surface area contributed by atoms with Crippen molar-refractivity contribution >= 4 is 21.8 Å². The molecule has 28 heavy (non-hydrogen) atoms. The lowest BCUT2D eigenvalue weighted by Gasteiger charge is -2.15. The molecule has 3 heterocycles. The van der Waals surface area contributed by atoms with E-state index in [0.717, 1.165) is 29.3 Å². The van der Waals surface area contributed by atoms with Crippen molar-refractivity contribution in [2.24, 2.45) is 7.05 Å². The SMILES string of the molecule is Cn1c(SCc2ccncc2)nnc1-c1ccc(S(=O)(=O)N2CCCC2)cc1. The number of benzene rings is 1. The van der Waals surface area contributed by atoms with Crippen LogP contribution in [0.3, 0.4) is 0 Å². The molecule has 2 aromatic heterocycles. The summed E-state index contributed by atoms with van der Waals surface area (Å²) in [5.41, 5.74) is 2.01. The molecule has 1 fully saturated rings. The van der Waals surface area contributed by atoms with Crippen molar-refractivity contribution in [3.63, 3.8) is 0 Å². The number of aromatic nitrogens is 4. The zero-order valence-corrected chi connectivity index (χ0v) is 17.2. The number of hydrogen-bond donors (Lipinski definition) is 0. The summed E-state index contributed by atoms with van der Waals surface area (Å²) >= 11 is 1.60. The van der Waals surface area contributed by atoms with Gasteiger partial charge in [-0.1, -0.05) is 11.8 Å². The van der Waals surface area contributed by atoms with E-state index in [1.165, 1.54) is 5.56 Å². The van der Waals surface area contributed by atoms with Crippen molar-refractivity contribution in [1.29, 1.82) is 0 Å². The summed E-state index contributed by atoms with van der Waals surface area (Å²) in [7, 11) is -1.48. The van der Waals surface area contributed by atoms with E-state index in [1.807, 2.05) is 23.7 Å². The van der Waals surface area contributed by atoms with E-state index in [0.29, 0.717) is 23.8 Å². The van der Waals surface area contributed by atoms with Crippen molar-refractivity contribution in [3.8, 4) is 11.4 Å². The van der Waals surface area contributed by atoms with Gasteiger partial charge < -0.3 is 4.57 Å². The lowest BCUT2D eigenvalue weighted by Crippen LogP contribution is -2.27. The molecule has 0 spiro atoms. The largest absolute Gasteiger partial charge is 0.305 e. The molecule has 4 rings (SSSR count). The summed E-state index contributed by atoms with van der Waals surface area (Å²) in [6, 6.07) is 10.9. The summed E-state index contributed by atoms with van der Waals surface area (Å²) in [5.74, 6) is 1.49. The quantitative estimate of drug-likeness (QED) is 0.576. The molecule has 0 aliphatic carbocycles. The predicted octanol–water partition coefficient (Wildman–Crippen LogP) is 2.95. The Kier molecular flexibility index (Phi) is 5.47. The molecule has 0 bridgehead atoms. The third-order valence-electron chi connectivity index (χ3n) is 4.77. The van der Waals surface area contributed by atoms with Crippen molar-refractivity contribution in [3.05, 3.63) is 54.4 Å². The molecule has 0 N–H and O–H groups in total. The Morgan fingerprint density at radius 3 is 2.36 bits per heavy atom. The molecule has 1 aromatic carbocycles. The first kappa shape index (κ1) is 19.1. The molecule has 7 nitrogen and oxygen atoms in total. The fraction of sp³-hybridized carbons (Fsp3) is 0.316. The monoisotopic (exact) mass is 415 g/mol. The van der Waals surface area contributed by atoms with Gasteiger partial charge in [-0.25, -0.2) is 8.42 Å². The molecule has 1 saturated heterocycles. The second-order valence-electron chi connectivity index (χ2n) is 6.64. The molecular formula is C19H21N5O2S2. The number of sulfonamides is 1. The van der Waals surface area contributed by atoms with E-state index in [-0.39, 0.29) is 0 Å². The second kappa shape index (κ2) is 8.02.